The van der Waals surface area contributed by atoms with E-state index in [1.165, 1.54) is 0 Å². The van der Waals surface area contributed by atoms with Crippen molar-refractivity contribution in [1.82, 2.24) is 9.80 Å². The first-order chi connectivity index (χ1) is 9.63. The minimum Gasteiger partial charge on any atom is -0.390 e. The van der Waals surface area contributed by atoms with E-state index in [0.29, 0.717) is 0 Å². The largest absolute Gasteiger partial charge is 0.390 e. The molecule has 118 valence electrons. The van der Waals surface area contributed by atoms with Gasteiger partial charge in [0.15, 0.2) is 0 Å². The van der Waals surface area contributed by atoms with Crippen molar-refractivity contribution in [3.8, 4) is 0 Å². The molecular weight excluding hydrogens is 256 g/mol. The summed E-state index contributed by atoms with van der Waals surface area (Å²) < 4.78 is 11.3. The second kappa shape index (κ2) is 8.29. The number of hydrogen-bond donors (Lipinski definition) is 1. The van der Waals surface area contributed by atoms with Crippen LogP contribution in [0.2, 0.25) is 0 Å². The van der Waals surface area contributed by atoms with Gasteiger partial charge in [0.1, 0.15) is 0 Å². The summed E-state index contributed by atoms with van der Waals surface area (Å²) >= 11 is 0. The van der Waals surface area contributed by atoms with Crippen LogP contribution in [0.4, 0.5) is 0 Å². The molecule has 2 aliphatic heterocycles. The Labute approximate surface area is 122 Å². The predicted molar refractivity (Wildman–Crippen MR) is 78.9 cm³/mol. The minimum atomic E-state index is -0.286. The fourth-order valence-corrected chi connectivity index (χ4v) is 3.15. The number of nitrogens with zero attached hydrogens (tertiary/aromatic N) is 2. The Balaban J connectivity index is 1.74. The van der Waals surface area contributed by atoms with E-state index in [1.807, 2.05) is 0 Å². The normalized spacial score (nSPS) is 31.2. The van der Waals surface area contributed by atoms with Crippen molar-refractivity contribution in [3.63, 3.8) is 0 Å². The zero-order valence-corrected chi connectivity index (χ0v) is 13.0. The van der Waals surface area contributed by atoms with Crippen molar-refractivity contribution in [1.29, 1.82) is 0 Å². The molecule has 5 heteroatoms. The van der Waals surface area contributed by atoms with E-state index in [1.54, 1.807) is 0 Å². The summed E-state index contributed by atoms with van der Waals surface area (Å²) in [5.41, 5.74) is 0. The van der Waals surface area contributed by atoms with E-state index in [-0.39, 0.29) is 18.3 Å². The summed E-state index contributed by atoms with van der Waals surface area (Å²) in [6, 6.07) is 0. The van der Waals surface area contributed by atoms with Gasteiger partial charge in [-0.05, 0) is 26.7 Å². The molecule has 20 heavy (non-hydrogen) atoms. The van der Waals surface area contributed by atoms with E-state index in [0.717, 1.165) is 65.3 Å². The average Bonchev–Trinajstić information content (AvgIpc) is 2.69. The molecule has 2 heterocycles. The Hall–Kier alpha value is -0.200. The molecule has 0 spiro atoms. The third kappa shape index (κ3) is 5.66. The van der Waals surface area contributed by atoms with Crippen LogP contribution in [0.5, 0.6) is 0 Å². The quantitative estimate of drug-likeness (QED) is 0.818. The molecule has 0 bridgehead atoms. The molecule has 2 aliphatic rings. The molecule has 0 amide bonds. The summed E-state index contributed by atoms with van der Waals surface area (Å²) in [6.45, 7) is 11.3. The summed E-state index contributed by atoms with van der Waals surface area (Å²) in [6.07, 6.45) is 2.38. The molecule has 0 radical (unpaired) electrons. The smallest absolute Gasteiger partial charge is 0.0793 e. The number of hydrogen-bond acceptors (Lipinski definition) is 5. The van der Waals surface area contributed by atoms with E-state index >= 15 is 0 Å². The Morgan fingerprint density at radius 1 is 0.950 bits per heavy atom. The number of rotatable bonds is 4. The van der Waals surface area contributed by atoms with Crippen LogP contribution in [-0.4, -0.2) is 85.7 Å². The van der Waals surface area contributed by atoms with Crippen LogP contribution in [0.25, 0.3) is 0 Å². The average molecular weight is 286 g/mol. The van der Waals surface area contributed by atoms with Gasteiger partial charge < -0.3 is 14.6 Å². The highest BCUT2D eigenvalue weighted by Gasteiger charge is 2.21. The summed E-state index contributed by atoms with van der Waals surface area (Å²) in [4.78, 5) is 4.67. The summed E-state index contributed by atoms with van der Waals surface area (Å²) in [7, 11) is 0. The first-order valence-electron chi connectivity index (χ1n) is 7.99. The Kier molecular flexibility index (Phi) is 6.71. The van der Waals surface area contributed by atoms with Crippen molar-refractivity contribution < 1.29 is 14.6 Å². The van der Waals surface area contributed by atoms with Crippen LogP contribution in [-0.2, 0) is 9.47 Å². The number of aliphatic hydroxyl groups excluding tert-OH is 1. The Morgan fingerprint density at radius 2 is 1.40 bits per heavy atom. The topological polar surface area (TPSA) is 45.2 Å². The van der Waals surface area contributed by atoms with Gasteiger partial charge in [-0.15, -0.1) is 0 Å². The molecule has 0 aliphatic carbocycles. The van der Waals surface area contributed by atoms with E-state index in [9.17, 15) is 5.11 Å². The lowest BCUT2D eigenvalue weighted by atomic mass is 10.2. The third-order valence-corrected chi connectivity index (χ3v) is 4.01. The van der Waals surface area contributed by atoms with Crippen LogP contribution >= 0.6 is 0 Å². The Bertz CT molecular complexity index is 252. The Morgan fingerprint density at radius 3 is 1.85 bits per heavy atom. The van der Waals surface area contributed by atoms with Gasteiger partial charge in [-0.3, -0.25) is 9.80 Å². The van der Waals surface area contributed by atoms with Crippen molar-refractivity contribution in [2.45, 2.75) is 45.0 Å². The molecule has 2 saturated heterocycles. The van der Waals surface area contributed by atoms with Crippen molar-refractivity contribution in [2.24, 2.45) is 0 Å². The van der Waals surface area contributed by atoms with Gasteiger partial charge in [0.25, 0.3) is 0 Å². The molecule has 2 atom stereocenters. The molecule has 5 nitrogen and oxygen atoms in total. The maximum atomic E-state index is 10.3. The van der Waals surface area contributed by atoms with E-state index in [2.05, 4.69) is 23.6 Å². The number of ether oxygens (including phenoxy) is 2. The third-order valence-electron chi connectivity index (χ3n) is 4.01. The van der Waals surface area contributed by atoms with Crippen LogP contribution in [0.15, 0.2) is 0 Å². The predicted octanol–water partition coefficient (Wildman–Crippen LogP) is 0.569. The van der Waals surface area contributed by atoms with Crippen molar-refractivity contribution >= 4 is 0 Å². The highest BCUT2D eigenvalue weighted by atomic mass is 16.5. The molecule has 0 aromatic heterocycles. The summed E-state index contributed by atoms with van der Waals surface area (Å²) in [5.74, 6) is 0. The lowest BCUT2D eigenvalue weighted by Crippen LogP contribution is -2.43. The fourth-order valence-electron chi connectivity index (χ4n) is 3.15. The van der Waals surface area contributed by atoms with Crippen LogP contribution in [0.1, 0.15) is 26.7 Å². The van der Waals surface area contributed by atoms with Gasteiger partial charge in [-0.25, -0.2) is 0 Å². The summed E-state index contributed by atoms with van der Waals surface area (Å²) in [5, 5.41) is 10.3. The van der Waals surface area contributed by atoms with Crippen LogP contribution in [0.3, 0.4) is 0 Å². The second-order valence-electron chi connectivity index (χ2n) is 6.24. The van der Waals surface area contributed by atoms with Gasteiger partial charge in [-0.1, -0.05) is 0 Å². The fraction of sp³-hybridized carbons (Fsp3) is 1.00. The van der Waals surface area contributed by atoms with Crippen LogP contribution in [0, 0.1) is 0 Å². The standard InChI is InChI=1S/C15H30N2O3/c1-13-9-16(5-3-7-19-13)11-15(18)12-17-6-4-8-20-14(2)10-17/h13-15,18H,3-12H2,1-2H3/t13-,14-/m1/s1. The molecule has 0 aromatic carbocycles. The highest BCUT2D eigenvalue weighted by molar-refractivity contribution is 4.75. The van der Waals surface area contributed by atoms with Gasteiger partial charge >= 0.3 is 0 Å². The van der Waals surface area contributed by atoms with E-state index < -0.39 is 0 Å². The molecule has 0 unspecified atom stereocenters. The lowest BCUT2D eigenvalue weighted by Gasteiger charge is -2.28. The van der Waals surface area contributed by atoms with Gasteiger partial charge in [0, 0.05) is 52.5 Å². The van der Waals surface area contributed by atoms with Crippen molar-refractivity contribution in [2.75, 3.05) is 52.5 Å². The van der Waals surface area contributed by atoms with E-state index in [4.69, 9.17) is 9.47 Å². The molecular formula is C15H30N2O3. The maximum Gasteiger partial charge on any atom is 0.0793 e. The number of β-amino-alcohol motifs (C(OH)–C–C–N with tert-alkyl or cyclic N) is 1. The van der Waals surface area contributed by atoms with Gasteiger partial charge in [-0.2, -0.15) is 0 Å². The molecule has 1 N–H and O–H groups in total. The monoisotopic (exact) mass is 286 g/mol. The molecule has 0 aromatic rings. The number of aliphatic hydroxyl groups is 1. The van der Waals surface area contributed by atoms with Crippen LogP contribution < -0.4 is 0 Å². The zero-order chi connectivity index (χ0) is 14.4. The first-order valence-corrected chi connectivity index (χ1v) is 7.99. The van der Waals surface area contributed by atoms with Gasteiger partial charge in [0.05, 0.1) is 18.3 Å². The highest BCUT2D eigenvalue weighted by Crippen LogP contribution is 2.09. The van der Waals surface area contributed by atoms with Crippen molar-refractivity contribution in [3.05, 3.63) is 0 Å². The zero-order valence-electron chi connectivity index (χ0n) is 13.0. The SMILES string of the molecule is C[C@@H]1CN(CC(O)CN2CCCO[C@H](C)C2)CCCO1. The molecule has 2 fully saturated rings. The minimum absolute atomic E-state index is 0.274. The maximum absolute atomic E-state index is 10.3. The lowest BCUT2D eigenvalue weighted by molar-refractivity contribution is 0.0375. The molecule has 2 rings (SSSR count). The molecule has 0 saturated carbocycles. The second-order valence-corrected chi connectivity index (χ2v) is 6.24. The first kappa shape index (κ1) is 16.2. The van der Waals surface area contributed by atoms with Gasteiger partial charge in [0.2, 0.25) is 0 Å².